The number of rotatable bonds is 1. The number of ether oxygens (including phenoxy) is 2. The first-order chi connectivity index (χ1) is 7.38. The molecule has 1 aliphatic rings. The maximum atomic E-state index is 5.79. The average Bonchev–Trinajstić information content (AvgIpc) is 2.76. The Bertz CT molecular complexity index is 522. The molecule has 3 rings (SSSR count). The van der Waals surface area contributed by atoms with Gasteiger partial charge in [0.15, 0.2) is 11.5 Å². The van der Waals surface area contributed by atoms with Gasteiger partial charge in [-0.25, -0.2) is 0 Å². The van der Waals surface area contributed by atoms with E-state index in [0.717, 1.165) is 27.8 Å². The van der Waals surface area contributed by atoms with Crippen LogP contribution in [0.2, 0.25) is 0 Å². The molecule has 0 aliphatic carbocycles. The van der Waals surface area contributed by atoms with E-state index in [1.165, 1.54) is 0 Å². The Morgan fingerprint density at radius 1 is 1.13 bits per heavy atom. The topological polar surface area (TPSA) is 18.5 Å². The predicted octanol–water partition coefficient (Wildman–Crippen LogP) is 3.31. The van der Waals surface area contributed by atoms with Gasteiger partial charge in [0, 0.05) is 11.3 Å². The third-order valence-electron chi connectivity index (χ3n) is 2.57. The Balaban J connectivity index is 2.29. The van der Waals surface area contributed by atoms with Gasteiger partial charge in [-0.2, -0.15) is 0 Å². The molecule has 15 heavy (non-hydrogen) atoms. The highest BCUT2D eigenvalue weighted by Gasteiger charge is 2.16. The summed E-state index contributed by atoms with van der Waals surface area (Å²) < 4.78 is 10.7. The molecule has 1 aliphatic heterocycles. The highest BCUT2D eigenvalue weighted by atomic mass is 35.5. The Labute approximate surface area is 92.4 Å². The van der Waals surface area contributed by atoms with Gasteiger partial charge < -0.3 is 9.47 Å². The van der Waals surface area contributed by atoms with Crippen LogP contribution >= 0.6 is 11.6 Å². The summed E-state index contributed by atoms with van der Waals surface area (Å²) in [6, 6.07) is 10.1. The van der Waals surface area contributed by atoms with Gasteiger partial charge in [0.2, 0.25) is 6.79 Å². The van der Waals surface area contributed by atoms with E-state index in [1.54, 1.807) is 0 Å². The first-order valence-corrected chi connectivity index (χ1v) is 5.29. The van der Waals surface area contributed by atoms with E-state index in [-0.39, 0.29) is 0 Å². The standard InChI is InChI=1S/C12H9ClO2/c13-6-8-1-3-10-9(5-8)2-4-11-12(10)15-7-14-11/h1-5H,6-7H2. The van der Waals surface area contributed by atoms with Crippen molar-refractivity contribution in [2.24, 2.45) is 0 Å². The Morgan fingerprint density at radius 2 is 2.07 bits per heavy atom. The summed E-state index contributed by atoms with van der Waals surface area (Å²) in [5.41, 5.74) is 1.11. The van der Waals surface area contributed by atoms with Crippen molar-refractivity contribution in [3.05, 3.63) is 35.9 Å². The molecule has 2 aromatic carbocycles. The number of benzene rings is 2. The van der Waals surface area contributed by atoms with E-state index in [1.807, 2.05) is 24.3 Å². The van der Waals surface area contributed by atoms with Crippen LogP contribution in [0.4, 0.5) is 0 Å². The van der Waals surface area contributed by atoms with Crippen molar-refractivity contribution >= 4 is 22.4 Å². The maximum Gasteiger partial charge on any atom is 0.231 e. The number of hydrogen-bond donors (Lipinski definition) is 0. The molecule has 0 saturated carbocycles. The molecular formula is C12H9ClO2. The minimum Gasteiger partial charge on any atom is -0.454 e. The molecule has 0 radical (unpaired) electrons. The van der Waals surface area contributed by atoms with Crippen molar-refractivity contribution in [2.45, 2.75) is 5.88 Å². The summed E-state index contributed by atoms with van der Waals surface area (Å²) in [6.07, 6.45) is 0. The second-order valence-electron chi connectivity index (χ2n) is 3.49. The fourth-order valence-corrected chi connectivity index (χ4v) is 1.99. The molecule has 0 aromatic heterocycles. The lowest BCUT2D eigenvalue weighted by molar-refractivity contribution is 0.175. The molecule has 3 heteroatoms. The molecule has 0 N–H and O–H groups in total. The summed E-state index contributed by atoms with van der Waals surface area (Å²) in [5.74, 6) is 2.19. The van der Waals surface area contributed by atoms with Crippen LogP contribution in [0.3, 0.4) is 0 Å². The minimum absolute atomic E-state index is 0.311. The molecule has 0 saturated heterocycles. The second-order valence-corrected chi connectivity index (χ2v) is 3.76. The summed E-state index contributed by atoms with van der Waals surface area (Å²) in [7, 11) is 0. The fourth-order valence-electron chi connectivity index (χ4n) is 1.83. The average molecular weight is 221 g/mol. The summed E-state index contributed by atoms with van der Waals surface area (Å²) in [6.45, 7) is 0.311. The number of fused-ring (bicyclic) bond motifs is 3. The van der Waals surface area contributed by atoms with Crippen molar-refractivity contribution in [3.8, 4) is 11.5 Å². The molecule has 0 bridgehead atoms. The van der Waals surface area contributed by atoms with Crippen LogP contribution < -0.4 is 9.47 Å². The van der Waals surface area contributed by atoms with Crippen LogP contribution in [0.15, 0.2) is 30.3 Å². The van der Waals surface area contributed by atoms with Gasteiger partial charge in [0.05, 0.1) is 0 Å². The van der Waals surface area contributed by atoms with E-state index in [2.05, 4.69) is 6.07 Å². The molecule has 2 nitrogen and oxygen atoms in total. The van der Waals surface area contributed by atoms with Crippen LogP contribution in [0.5, 0.6) is 11.5 Å². The van der Waals surface area contributed by atoms with Crippen LogP contribution in [-0.2, 0) is 5.88 Å². The molecule has 2 aromatic rings. The zero-order valence-corrected chi connectivity index (χ0v) is 8.75. The second kappa shape index (κ2) is 3.31. The van der Waals surface area contributed by atoms with Gasteiger partial charge in [0.1, 0.15) is 0 Å². The SMILES string of the molecule is ClCc1ccc2c3c(ccc2c1)OCO3. The predicted molar refractivity (Wildman–Crippen MR) is 59.6 cm³/mol. The molecular weight excluding hydrogens is 212 g/mol. The van der Waals surface area contributed by atoms with Crippen LogP contribution in [0, 0.1) is 0 Å². The quantitative estimate of drug-likeness (QED) is 0.687. The highest BCUT2D eigenvalue weighted by Crippen LogP contribution is 2.39. The Kier molecular flexibility index (Phi) is 1.96. The van der Waals surface area contributed by atoms with Crippen LogP contribution in [0.1, 0.15) is 5.56 Å². The van der Waals surface area contributed by atoms with Crippen molar-refractivity contribution in [2.75, 3.05) is 6.79 Å². The van der Waals surface area contributed by atoms with Crippen molar-refractivity contribution < 1.29 is 9.47 Å². The molecule has 0 atom stereocenters. The van der Waals surface area contributed by atoms with E-state index in [9.17, 15) is 0 Å². The number of halogens is 1. The van der Waals surface area contributed by atoms with E-state index in [0.29, 0.717) is 12.7 Å². The largest absolute Gasteiger partial charge is 0.454 e. The molecule has 0 fully saturated rings. The first-order valence-electron chi connectivity index (χ1n) is 4.76. The number of hydrogen-bond acceptors (Lipinski definition) is 2. The monoisotopic (exact) mass is 220 g/mol. The van der Waals surface area contributed by atoms with Gasteiger partial charge in [-0.15, -0.1) is 11.6 Å². The molecule has 76 valence electrons. The first kappa shape index (κ1) is 8.86. The van der Waals surface area contributed by atoms with E-state index in [4.69, 9.17) is 21.1 Å². The van der Waals surface area contributed by atoms with Gasteiger partial charge >= 0.3 is 0 Å². The minimum atomic E-state index is 0.311. The van der Waals surface area contributed by atoms with Crippen LogP contribution in [-0.4, -0.2) is 6.79 Å². The molecule has 0 spiro atoms. The Hall–Kier alpha value is -1.41. The highest BCUT2D eigenvalue weighted by molar-refractivity contribution is 6.17. The summed E-state index contributed by atoms with van der Waals surface area (Å²) in [4.78, 5) is 0. The van der Waals surface area contributed by atoms with Gasteiger partial charge in [-0.3, -0.25) is 0 Å². The van der Waals surface area contributed by atoms with E-state index >= 15 is 0 Å². The van der Waals surface area contributed by atoms with Gasteiger partial charge in [0.25, 0.3) is 0 Å². The Morgan fingerprint density at radius 3 is 2.93 bits per heavy atom. The van der Waals surface area contributed by atoms with Gasteiger partial charge in [-0.05, 0) is 23.1 Å². The third-order valence-corrected chi connectivity index (χ3v) is 2.88. The maximum absolute atomic E-state index is 5.79. The van der Waals surface area contributed by atoms with Crippen LogP contribution in [0.25, 0.3) is 10.8 Å². The third kappa shape index (κ3) is 1.33. The van der Waals surface area contributed by atoms with Crippen molar-refractivity contribution in [1.82, 2.24) is 0 Å². The van der Waals surface area contributed by atoms with Gasteiger partial charge in [-0.1, -0.05) is 18.2 Å². The van der Waals surface area contributed by atoms with Crippen molar-refractivity contribution in [3.63, 3.8) is 0 Å². The number of alkyl halides is 1. The molecule has 1 heterocycles. The molecule has 0 unspecified atom stereocenters. The smallest absolute Gasteiger partial charge is 0.231 e. The lowest BCUT2D eigenvalue weighted by Crippen LogP contribution is -1.93. The summed E-state index contributed by atoms with van der Waals surface area (Å²) >= 11 is 5.79. The summed E-state index contributed by atoms with van der Waals surface area (Å²) in [5, 5.41) is 2.22. The lowest BCUT2D eigenvalue weighted by atomic mass is 10.1. The lowest BCUT2D eigenvalue weighted by Gasteiger charge is -2.03. The zero-order valence-electron chi connectivity index (χ0n) is 8.00. The molecule has 0 amide bonds. The van der Waals surface area contributed by atoms with E-state index < -0.39 is 0 Å². The normalized spacial score (nSPS) is 13.4. The zero-order chi connectivity index (χ0) is 10.3. The fraction of sp³-hybridized carbons (Fsp3) is 0.167. The van der Waals surface area contributed by atoms with Crippen molar-refractivity contribution in [1.29, 1.82) is 0 Å².